The van der Waals surface area contributed by atoms with Crippen molar-refractivity contribution in [1.29, 1.82) is 5.26 Å². The molecule has 0 bridgehead atoms. The number of rotatable bonds is 0. The maximum absolute atomic E-state index is 8.80. The van der Waals surface area contributed by atoms with Gasteiger partial charge >= 0.3 is 0 Å². The summed E-state index contributed by atoms with van der Waals surface area (Å²) in [6, 6.07) is 2.08. The van der Waals surface area contributed by atoms with E-state index in [1.807, 2.05) is 5.38 Å². The van der Waals surface area contributed by atoms with E-state index in [1.54, 1.807) is 0 Å². The Kier molecular flexibility index (Phi) is 1.94. The number of nitriles is 1. The molecule has 0 fully saturated rings. The van der Waals surface area contributed by atoms with Gasteiger partial charge in [-0.25, -0.2) is 4.98 Å². The molecule has 0 saturated heterocycles. The molecule has 2 aromatic heterocycles. The summed E-state index contributed by atoms with van der Waals surface area (Å²) >= 11 is 4.85. The fourth-order valence-electron chi connectivity index (χ4n) is 1.11. The second kappa shape index (κ2) is 2.98. The number of halogens is 1. The zero-order chi connectivity index (χ0) is 9.42. The average molecular weight is 254 g/mol. The summed E-state index contributed by atoms with van der Waals surface area (Å²) in [6.07, 6.45) is 1.50. The lowest BCUT2D eigenvalue weighted by Crippen LogP contribution is -1.91. The molecule has 0 aromatic carbocycles. The Labute approximate surface area is 86.9 Å². The Balaban J connectivity index is 2.97. The van der Waals surface area contributed by atoms with Crippen LogP contribution in [-0.4, -0.2) is 4.98 Å². The van der Waals surface area contributed by atoms with Crippen molar-refractivity contribution in [2.24, 2.45) is 0 Å². The molecule has 2 N–H and O–H groups in total. The monoisotopic (exact) mass is 253 g/mol. The van der Waals surface area contributed by atoms with Crippen LogP contribution in [0.15, 0.2) is 16.0 Å². The predicted octanol–water partition coefficient (Wildman–Crippen LogP) is 2.51. The molecule has 0 radical (unpaired) electrons. The third-order valence-electron chi connectivity index (χ3n) is 1.70. The van der Waals surface area contributed by atoms with Crippen molar-refractivity contribution in [3.05, 3.63) is 21.6 Å². The van der Waals surface area contributed by atoms with Crippen LogP contribution in [0.25, 0.3) is 10.1 Å². The maximum atomic E-state index is 8.80. The Morgan fingerprint density at radius 2 is 2.38 bits per heavy atom. The summed E-state index contributed by atoms with van der Waals surface area (Å²) in [5, 5.41) is 11.5. The molecule has 0 saturated carbocycles. The van der Waals surface area contributed by atoms with Gasteiger partial charge in [0.2, 0.25) is 0 Å². The molecular formula is C8H4BrN3S. The molecule has 2 aromatic rings. The fourth-order valence-corrected chi connectivity index (χ4v) is 2.82. The van der Waals surface area contributed by atoms with Crippen LogP contribution in [0.3, 0.4) is 0 Å². The number of nitrogens with zero attached hydrogens (tertiary/aromatic N) is 2. The number of hydrogen-bond acceptors (Lipinski definition) is 4. The molecule has 0 aliphatic carbocycles. The summed E-state index contributed by atoms with van der Waals surface area (Å²) in [6.45, 7) is 0. The van der Waals surface area contributed by atoms with Gasteiger partial charge in [0.15, 0.2) is 0 Å². The van der Waals surface area contributed by atoms with Gasteiger partial charge in [-0.3, -0.25) is 0 Å². The van der Waals surface area contributed by atoms with Crippen LogP contribution >= 0.6 is 27.3 Å². The van der Waals surface area contributed by atoms with E-state index < -0.39 is 0 Å². The molecule has 0 aliphatic heterocycles. The highest BCUT2D eigenvalue weighted by Crippen LogP contribution is 2.35. The third-order valence-corrected chi connectivity index (χ3v) is 3.64. The number of hydrogen-bond donors (Lipinski definition) is 1. The Morgan fingerprint density at radius 3 is 3.08 bits per heavy atom. The van der Waals surface area contributed by atoms with Gasteiger partial charge in [-0.15, -0.1) is 11.3 Å². The van der Waals surface area contributed by atoms with Crippen LogP contribution in [0.2, 0.25) is 0 Å². The minimum Gasteiger partial charge on any atom is -0.383 e. The summed E-state index contributed by atoms with van der Waals surface area (Å²) in [4.78, 5) is 3.94. The summed E-state index contributed by atoms with van der Waals surface area (Å²) in [7, 11) is 0. The Bertz CT molecular complexity index is 512. The quantitative estimate of drug-likeness (QED) is 0.785. The first-order chi connectivity index (χ1) is 6.24. The Hall–Kier alpha value is -1.12. The highest BCUT2D eigenvalue weighted by Gasteiger charge is 2.09. The molecule has 0 spiro atoms. The molecule has 13 heavy (non-hydrogen) atoms. The number of thiophene rings is 1. The molecule has 2 heterocycles. The van der Waals surface area contributed by atoms with Gasteiger partial charge in [-0.2, -0.15) is 5.26 Å². The smallest absolute Gasteiger partial charge is 0.133 e. The van der Waals surface area contributed by atoms with Gasteiger partial charge in [-0.05, 0) is 15.9 Å². The van der Waals surface area contributed by atoms with Crippen molar-refractivity contribution in [3.8, 4) is 6.07 Å². The lowest BCUT2D eigenvalue weighted by atomic mass is 10.2. The fraction of sp³-hybridized carbons (Fsp3) is 0. The van der Waals surface area contributed by atoms with Crippen LogP contribution < -0.4 is 5.73 Å². The zero-order valence-electron chi connectivity index (χ0n) is 6.41. The van der Waals surface area contributed by atoms with Crippen molar-refractivity contribution in [2.45, 2.75) is 0 Å². The predicted molar refractivity (Wildman–Crippen MR) is 56.4 cm³/mol. The number of anilines is 1. The van der Waals surface area contributed by atoms with E-state index in [-0.39, 0.29) is 0 Å². The normalized spacial score (nSPS) is 10.2. The van der Waals surface area contributed by atoms with Gasteiger partial charge in [0.05, 0.1) is 15.6 Å². The van der Waals surface area contributed by atoms with Gasteiger partial charge in [-0.1, -0.05) is 0 Å². The second-order valence-corrected chi connectivity index (χ2v) is 4.19. The minimum atomic E-state index is 0.460. The van der Waals surface area contributed by atoms with E-state index in [1.165, 1.54) is 17.5 Å². The first-order valence-electron chi connectivity index (χ1n) is 3.45. The standard InChI is InChI=1S/C8H4BrN3S/c9-5-3-13-7-4(1-10)2-12-8(11)6(5)7/h2-3H,(H2,11,12). The highest BCUT2D eigenvalue weighted by molar-refractivity contribution is 9.10. The lowest BCUT2D eigenvalue weighted by Gasteiger charge is -1.96. The third kappa shape index (κ3) is 1.19. The van der Waals surface area contributed by atoms with Crippen molar-refractivity contribution in [2.75, 3.05) is 5.73 Å². The van der Waals surface area contributed by atoms with Crippen molar-refractivity contribution in [1.82, 2.24) is 4.98 Å². The van der Waals surface area contributed by atoms with E-state index >= 15 is 0 Å². The average Bonchev–Trinajstić information content (AvgIpc) is 2.50. The number of nitrogen functional groups attached to an aromatic ring is 1. The number of fused-ring (bicyclic) bond motifs is 1. The molecule has 0 aliphatic rings. The maximum Gasteiger partial charge on any atom is 0.133 e. The van der Waals surface area contributed by atoms with Gasteiger partial charge < -0.3 is 5.73 Å². The SMILES string of the molecule is N#Cc1cnc(N)c2c(Br)csc12. The minimum absolute atomic E-state index is 0.460. The number of aromatic nitrogens is 1. The molecule has 64 valence electrons. The molecule has 0 amide bonds. The zero-order valence-corrected chi connectivity index (χ0v) is 8.82. The number of nitrogens with two attached hydrogens (primary N) is 1. The largest absolute Gasteiger partial charge is 0.383 e. The van der Waals surface area contributed by atoms with Crippen LogP contribution in [-0.2, 0) is 0 Å². The summed E-state index contributed by atoms with van der Waals surface area (Å²) < 4.78 is 1.79. The molecular weight excluding hydrogens is 250 g/mol. The van der Waals surface area contributed by atoms with E-state index in [0.717, 1.165) is 14.6 Å². The molecule has 3 nitrogen and oxygen atoms in total. The van der Waals surface area contributed by atoms with E-state index in [2.05, 4.69) is 27.0 Å². The molecule has 0 atom stereocenters. The second-order valence-electron chi connectivity index (χ2n) is 2.46. The van der Waals surface area contributed by atoms with E-state index in [0.29, 0.717) is 11.4 Å². The summed E-state index contributed by atoms with van der Waals surface area (Å²) in [5.74, 6) is 0.460. The van der Waals surface area contributed by atoms with Gasteiger partial charge in [0.25, 0.3) is 0 Å². The molecule has 2 rings (SSSR count). The topological polar surface area (TPSA) is 62.7 Å². The number of pyridine rings is 1. The van der Waals surface area contributed by atoms with E-state index in [4.69, 9.17) is 11.0 Å². The van der Waals surface area contributed by atoms with Crippen molar-refractivity contribution >= 4 is 43.2 Å². The van der Waals surface area contributed by atoms with Gasteiger partial charge in [0.1, 0.15) is 11.9 Å². The Morgan fingerprint density at radius 1 is 1.62 bits per heavy atom. The molecule has 5 heteroatoms. The van der Waals surface area contributed by atoms with Crippen LogP contribution in [0.1, 0.15) is 5.56 Å². The van der Waals surface area contributed by atoms with Crippen LogP contribution in [0.4, 0.5) is 5.82 Å². The van der Waals surface area contributed by atoms with Crippen LogP contribution in [0, 0.1) is 11.3 Å². The molecule has 0 unspecified atom stereocenters. The first-order valence-corrected chi connectivity index (χ1v) is 5.12. The van der Waals surface area contributed by atoms with E-state index in [9.17, 15) is 0 Å². The highest BCUT2D eigenvalue weighted by atomic mass is 79.9. The van der Waals surface area contributed by atoms with Crippen molar-refractivity contribution in [3.63, 3.8) is 0 Å². The lowest BCUT2D eigenvalue weighted by molar-refractivity contribution is 1.35. The van der Waals surface area contributed by atoms with Crippen LogP contribution in [0.5, 0.6) is 0 Å². The summed E-state index contributed by atoms with van der Waals surface area (Å²) in [5.41, 5.74) is 6.25. The van der Waals surface area contributed by atoms with Gasteiger partial charge in [0, 0.05) is 16.0 Å². The first kappa shape index (κ1) is 8.48. The van der Waals surface area contributed by atoms with Crippen molar-refractivity contribution < 1.29 is 0 Å².